The summed E-state index contributed by atoms with van der Waals surface area (Å²) < 4.78 is 5.20. The van der Waals surface area contributed by atoms with Crippen LogP contribution in [-0.4, -0.2) is 35.6 Å². The van der Waals surface area contributed by atoms with Crippen molar-refractivity contribution in [2.24, 2.45) is 0 Å². The van der Waals surface area contributed by atoms with Gasteiger partial charge in [0.25, 0.3) is 0 Å². The molecule has 0 saturated carbocycles. The number of nitrogens with zero attached hydrogens (tertiary/aromatic N) is 1. The minimum Gasteiger partial charge on any atom is -0.460 e. The van der Waals surface area contributed by atoms with Gasteiger partial charge in [0.05, 0.1) is 0 Å². The monoisotopic (exact) mass is 171 g/mol. The number of carbonyl (C=O) groups is 1. The van der Waals surface area contributed by atoms with Gasteiger partial charge in [-0.3, -0.25) is 9.69 Å². The first kappa shape index (κ1) is 9.52. The Morgan fingerprint density at radius 1 is 1.42 bits per heavy atom. The van der Waals surface area contributed by atoms with Crippen LogP contribution in [0.25, 0.3) is 0 Å². The molecular formula is C9H17NO2. The van der Waals surface area contributed by atoms with Crippen LogP contribution in [0.3, 0.4) is 0 Å². The summed E-state index contributed by atoms with van der Waals surface area (Å²) in [5.41, 5.74) is -0.480. The topological polar surface area (TPSA) is 29.5 Å². The predicted molar refractivity (Wildman–Crippen MR) is 46.9 cm³/mol. The average Bonchev–Trinajstić information content (AvgIpc) is 1.99. The zero-order chi connectivity index (χ0) is 9.52. The van der Waals surface area contributed by atoms with Crippen LogP contribution in [0.15, 0.2) is 0 Å². The zero-order valence-corrected chi connectivity index (χ0v) is 8.42. The Balaban J connectivity index is 2.88. The molecule has 0 N–H and O–H groups in total. The highest BCUT2D eigenvalue weighted by Crippen LogP contribution is 2.25. The van der Waals surface area contributed by atoms with Crippen molar-refractivity contribution in [1.29, 1.82) is 0 Å². The van der Waals surface area contributed by atoms with E-state index in [4.69, 9.17) is 4.74 Å². The van der Waals surface area contributed by atoms with E-state index in [1.807, 2.05) is 27.8 Å². The smallest absolute Gasteiger partial charge is 0.326 e. The third-order valence-corrected chi connectivity index (χ3v) is 2.96. The molecule has 0 aromatic carbocycles. The Hall–Kier alpha value is -0.570. The number of morpholine rings is 1. The largest absolute Gasteiger partial charge is 0.460 e. The van der Waals surface area contributed by atoms with Crippen LogP contribution in [0.1, 0.15) is 27.7 Å². The van der Waals surface area contributed by atoms with Gasteiger partial charge in [-0.1, -0.05) is 0 Å². The van der Waals surface area contributed by atoms with E-state index in [9.17, 15) is 4.79 Å². The highest BCUT2D eigenvalue weighted by atomic mass is 16.6. The second-order valence-corrected chi connectivity index (χ2v) is 4.02. The Morgan fingerprint density at radius 3 is 2.42 bits per heavy atom. The van der Waals surface area contributed by atoms with Crippen molar-refractivity contribution in [3.63, 3.8) is 0 Å². The summed E-state index contributed by atoms with van der Waals surface area (Å²) in [7, 11) is 1.96. The Kier molecular flexibility index (Phi) is 2.17. The van der Waals surface area contributed by atoms with Crippen molar-refractivity contribution >= 4 is 5.97 Å². The van der Waals surface area contributed by atoms with Crippen LogP contribution >= 0.6 is 0 Å². The summed E-state index contributed by atoms with van der Waals surface area (Å²) in [6, 6.07) is 0.290. The summed E-state index contributed by atoms with van der Waals surface area (Å²) in [5, 5.41) is 0. The van der Waals surface area contributed by atoms with Crippen molar-refractivity contribution in [1.82, 2.24) is 4.90 Å². The number of hydrogen-bond donors (Lipinski definition) is 0. The van der Waals surface area contributed by atoms with Crippen LogP contribution in [0.2, 0.25) is 0 Å². The third kappa shape index (κ3) is 1.22. The summed E-state index contributed by atoms with van der Waals surface area (Å²) in [5.74, 6) is -0.129. The van der Waals surface area contributed by atoms with Gasteiger partial charge in [-0.2, -0.15) is 0 Å². The molecule has 1 fully saturated rings. The number of esters is 1. The van der Waals surface area contributed by atoms with Gasteiger partial charge in [0.15, 0.2) is 0 Å². The van der Waals surface area contributed by atoms with Crippen LogP contribution in [0.4, 0.5) is 0 Å². The lowest BCUT2D eigenvalue weighted by Gasteiger charge is -2.45. The van der Waals surface area contributed by atoms with E-state index in [1.54, 1.807) is 0 Å². The van der Waals surface area contributed by atoms with Gasteiger partial charge in [0.1, 0.15) is 11.6 Å². The first-order valence-corrected chi connectivity index (χ1v) is 4.31. The van der Waals surface area contributed by atoms with Gasteiger partial charge in [-0.25, -0.2) is 0 Å². The summed E-state index contributed by atoms with van der Waals surface area (Å²) >= 11 is 0. The molecule has 1 rings (SSSR count). The number of rotatable bonds is 0. The molecule has 0 amide bonds. The van der Waals surface area contributed by atoms with Crippen molar-refractivity contribution < 1.29 is 9.53 Å². The van der Waals surface area contributed by atoms with E-state index >= 15 is 0 Å². The van der Waals surface area contributed by atoms with Crippen molar-refractivity contribution in [2.75, 3.05) is 7.05 Å². The number of hydrogen-bond acceptors (Lipinski definition) is 3. The fraction of sp³-hybridized carbons (Fsp3) is 0.889. The molecule has 0 aliphatic carbocycles. The number of likely N-dealkylation sites (N-methyl/N-ethyl adjacent to an activating group) is 1. The maximum atomic E-state index is 11.4. The quantitative estimate of drug-likeness (QED) is 0.510. The molecule has 1 aliphatic rings. The number of carbonyl (C=O) groups excluding carboxylic acids is 1. The summed E-state index contributed by atoms with van der Waals surface area (Å²) in [6.45, 7) is 7.77. The van der Waals surface area contributed by atoms with E-state index < -0.39 is 5.54 Å². The maximum absolute atomic E-state index is 11.4. The summed E-state index contributed by atoms with van der Waals surface area (Å²) in [6.07, 6.45) is -0.00414. The molecule has 1 aliphatic heterocycles. The molecule has 0 bridgehead atoms. The third-order valence-electron chi connectivity index (χ3n) is 2.96. The van der Waals surface area contributed by atoms with Crippen LogP contribution in [-0.2, 0) is 9.53 Å². The first-order chi connectivity index (χ1) is 5.37. The molecule has 0 radical (unpaired) electrons. The van der Waals surface area contributed by atoms with E-state index in [2.05, 4.69) is 11.8 Å². The molecule has 1 saturated heterocycles. The highest BCUT2D eigenvalue weighted by Gasteiger charge is 2.43. The molecule has 2 unspecified atom stereocenters. The molecular weight excluding hydrogens is 154 g/mol. The Labute approximate surface area is 73.7 Å². The van der Waals surface area contributed by atoms with Crippen molar-refractivity contribution in [2.45, 2.75) is 45.4 Å². The van der Waals surface area contributed by atoms with Crippen molar-refractivity contribution in [3.8, 4) is 0 Å². The van der Waals surface area contributed by atoms with Crippen LogP contribution < -0.4 is 0 Å². The summed E-state index contributed by atoms with van der Waals surface area (Å²) in [4.78, 5) is 13.5. The van der Waals surface area contributed by atoms with Gasteiger partial charge >= 0.3 is 5.97 Å². The van der Waals surface area contributed by atoms with E-state index in [1.165, 1.54) is 0 Å². The van der Waals surface area contributed by atoms with Gasteiger partial charge in [-0.05, 0) is 34.7 Å². The van der Waals surface area contributed by atoms with Gasteiger partial charge in [0.2, 0.25) is 0 Å². The van der Waals surface area contributed by atoms with Gasteiger partial charge in [-0.15, -0.1) is 0 Å². The molecule has 0 aromatic rings. The molecule has 2 atom stereocenters. The SMILES string of the molecule is CC1OC(=O)C(C)(C)N(C)C1C. The zero-order valence-electron chi connectivity index (χ0n) is 8.42. The lowest BCUT2D eigenvalue weighted by atomic mass is 9.97. The molecule has 3 heteroatoms. The lowest BCUT2D eigenvalue weighted by molar-refractivity contribution is -0.178. The second-order valence-electron chi connectivity index (χ2n) is 4.02. The number of ether oxygens (including phenoxy) is 1. The Bertz CT molecular complexity index is 201. The van der Waals surface area contributed by atoms with Crippen LogP contribution in [0.5, 0.6) is 0 Å². The normalized spacial score (nSPS) is 36.2. The molecule has 0 aromatic heterocycles. The molecule has 1 heterocycles. The first-order valence-electron chi connectivity index (χ1n) is 4.31. The molecule has 12 heavy (non-hydrogen) atoms. The maximum Gasteiger partial charge on any atom is 0.326 e. The van der Waals surface area contributed by atoms with E-state index in [0.717, 1.165) is 0 Å². The minimum absolute atomic E-state index is 0.00414. The van der Waals surface area contributed by atoms with Gasteiger partial charge < -0.3 is 4.74 Å². The van der Waals surface area contributed by atoms with E-state index in [-0.39, 0.29) is 18.1 Å². The predicted octanol–water partition coefficient (Wildman–Crippen LogP) is 1.03. The molecule has 0 spiro atoms. The fourth-order valence-corrected chi connectivity index (χ4v) is 1.38. The Morgan fingerprint density at radius 2 is 1.92 bits per heavy atom. The van der Waals surface area contributed by atoms with Crippen molar-refractivity contribution in [3.05, 3.63) is 0 Å². The number of cyclic esters (lactones) is 1. The van der Waals surface area contributed by atoms with Gasteiger partial charge in [0, 0.05) is 6.04 Å². The highest BCUT2D eigenvalue weighted by molar-refractivity contribution is 5.80. The fourth-order valence-electron chi connectivity index (χ4n) is 1.38. The second kappa shape index (κ2) is 2.73. The van der Waals surface area contributed by atoms with E-state index in [0.29, 0.717) is 0 Å². The average molecular weight is 171 g/mol. The van der Waals surface area contributed by atoms with Crippen LogP contribution in [0, 0.1) is 0 Å². The standard InChI is InChI=1S/C9H17NO2/c1-6-7(2)12-8(11)9(3,4)10(6)5/h6-7H,1-5H3. The lowest BCUT2D eigenvalue weighted by Crippen LogP contribution is -2.61. The minimum atomic E-state index is -0.480. The molecule has 3 nitrogen and oxygen atoms in total. The molecule has 70 valence electrons.